The highest BCUT2D eigenvalue weighted by atomic mass is 32.2. The van der Waals surface area contributed by atoms with Crippen LogP contribution in [0.4, 0.5) is 18.9 Å². The zero-order chi connectivity index (χ0) is 19.2. The van der Waals surface area contributed by atoms with Crippen molar-refractivity contribution < 1.29 is 27.5 Å². The maximum absolute atomic E-state index is 12.2. The van der Waals surface area contributed by atoms with E-state index in [0.29, 0.717) is 16.1 Å². The number of carbonyl (C=O) groups is 2. The van der Waals surface area contributed by atoms with Crippen LogP contribution < -0.4 is 15.8 Å². The van der Waals surface area contributed by atoms with Crippen molar-refractivity contribution in [2.45, 2.75) is 17.7 Å². The fraction of sp³-hybridized carbons (Fsp3) is 0.176. The minimum absolute atomic E-state index is 0.0267. The molecule has 3 N–H and O–H groups in total. The number of thioether (sulfide) groups is 1. The standard InChI is InChI=1S/C17H15F3N2O3S/c18-17(19,20)25-12-7-5-11(6-8-12)9-16(24)22-13-3-1-2-4-14(13)26-10-15(21)23/h1-8H,9-10H2,(H2,21,23)(H,22,24). The van der Waals surface area contributed by atoms with Gasteiger partial charge < -0.3 is 15.8 Å². The third-order valence-corrected chi connectivity index (χ3v) is 4.15. The molecule has 0 aliphatic heterocycles. The molecule has 0 fully saturated rings. The van der Waals surface area contributed by atoms with Crippen molar-refractivity contribution in [2.24, 2.45) is 5.73 Å². The van der Waals surface area contributed by atoms with Crippen LogP contribution in [0, 0.1) is 0 Å². The van der Waals surface area contributed by atoms with E-state index in [2.05, 4.69) is 10.1 Å². The van der Waals surface area contributed by atoms with Crippen LogP contribution in [0.2, 0.25) is 0 Å². The first-order valence-corrected chi connectivity index (χ1v) is 8.36. The van der Waals surface area contributed by atoms with Crippen LogP contribution in [0.25, 0.3) is 0 Å². The van der Waals surface area contributed by atoms with E-state index in [9.17, 15) is 22.8 Å². The van der Waals surface area contributed by atoms with Crippen LogP contribution in [-0.4, -0.2) is 23.9 Å². The molecule has 2 aromatic carbocycles. The van der Waals surface area contributed by atoms with E-state index in [1.807, 2.05) is 0 Å². The van der Waals surface area contributed by atoms with Crippen LogP contribution in [0.1, 0.15) is 5.56 Å². The van der Waals surface area contributed by atoms with Crippen molar-refractivity contribution in [3.63, 3.8) is 0 Å². The third-order valence-electron chi connectivity index (χ3n) is 3.05. The van der Waals surface area contributed by atoms with Crippen LogP contribution in [0.15, 0.2) is 53.4 Å². The van der Waals surface area contributed by atoms with E-state index in [4.69, 9.17) is 5.73 Å². The van der Waals surface area contributed by atoms with Gasteiger partial charge in [-0.25, -0.2) is 0 Å². The van der Waals surface area contributed by atoms with Gasteiger partial charge >= 0.3 is 6.36 Å². The molecule has 0 heterocycles. The third kappa shape index (κ3) is 6.67. The quantitative estimate of drug-likeness (QED) is 0.718. The summed E-state index contributed by atoms with van der Waals surface area (Å²) in [6, 6.07) is 12.0. The summed E-state index contributed by atoms with van der Waals surface area (Å²) in [4.78, 5) is 23.7. The SMILES string of the molecule is NC(=O)CSc1ccccc1NC(=O)Cc1ccc(OC(F)(F)F)cc1. The summed E-state index contributed by atoms with van der Waals surface area (Å²) >= 11 is 1.20. The topological polar surface area (TPSA) is 81.4 Å². The minimum atomic E-state index is -4.76. The number of amides is 2. The maximum Gasteiger partial charge on any atom is 0.573 e. The molecule has 9 heteroatoms. The van der Waals surface area contributed by atoms with Crippen LogP contribution >= 0.6 is 11.8 Å². The first kappa shape index (κ1) is 19.6. The van der Waals surface area contributed by atoms with Gasteiger partial charge in [-0.3, -0.25) is 9.59 Å². The number of nitrogens with two attached hydrogens (primary N) is 1. The van der Waals surface area contributed by atoms with Crippen molar-refractivity contribution >= 4 is 29.3 Å². The highest BCUT2D eigenvalue weighted by Crippen LogP contribution is 2.27. The fourth-order valence-electron chi connectivity index (χ4n) is 2.03. The van der Waals surface area contributed by atoms with Crippen molar-refractivity contribution in [3.05, 3.63) is 54.1 Å². The molecule has 0 aromatic heterocycles. The monoisotopic (exact) mass is 384 g/mol. The smallest absolute Gasteiger partial charge is 0.406 e. The Balaban J connectivity index is 1.97. The van der Waals surface area contributed by atoms with Crippen molar-refractivity contribution in [1.29, 1.82) is 0 Å². The lowest BCUT2D eigenvalue weighted by Gasteiger charge is -2.11. The molecule has 26 heavy (non-hydrogen) atoms. The first-order chi connectivity index (χ1) is 12.2. The van der Waals surface area contributed by atoms with E-state index in [1.54, 1.807) is 24.3 Å². The number of nitrogens with one attached hydrogen (secondary N) is 1. The zero-order valence-electron chi connectivity index (χ0n) is 13.4. The lowest BCUT2D eigenvalue weighted by Crippen LogP contribution is -2.17. The van der Waals surface area contributed by atoms with Gasteiger partial charge in [-0.05, 0) is 29.8 Å². The predicted octanol–water partition coefficient (Wildman–Crippen LogP) is 3.34. The lowest BCUT2D eigenvalue weighted by atomic mass is 10.1. The molecular formula is C17H15F3N2O3S. The Kier molecular flexibility index (Phi) is 6.51. The lowest BCUT2D eigenvalue weighted by molar-refractivity contribution is -0.274. The summed E-state index contributed by atoms with van der Waals surface area (Å²) < 4.78 is 40.2. The highest BCUT2D eigenvalue weighted by Gasteiger charge is 2.30. The number of rotatable bonds is 7. The highest BCUT2D eigenvalue weighted by molar-refractivity contribution is 8.00. The van der Waals surface area contributed by atoms with E-state index < -0.39 is 12.3 Å². The van der Waals surface area contributed by atoms with Gasteiger partial charge in [0.25, 0.3) is 0 Å². The van der Waals surface area contributed by atoms with Crippen molar-refractivity contribution in [2.75, 3.05) is 11.1 Å². The van der Waals surface area contributed by atoms with Gasteiger partial charge in [0.15, 0.2) is 0 Å². The Bertz CT molecular complexity index is 780. The van der Waals surface area contributed by atoms with Gasteiger partial charge in [0.05, 0.1) is 17.9 Å². The Morgan fingerprint density at radius 2 is 1.73 bits per heavy atom. The number of hydrogen-bond donors (Lipinski definition) is 2. The molecule has 0 saturated carbocycles. The molecular weight excluding hydrogens is 369 g/mol. The van der Waals surface area contributed by atoms with E-state index >= 15 is 0 Å². The van der Waals surface area contributed by atoms with Crippen LogP contribution in [-0.2, 0) is 16.0 Å². The molecule has 5 nitrogen and oxygen atoms in total. The molecule has 2 rings (SSSR count). The number of hydrogen-bond acceptors (Lipinski definition) is 4. The molecule has 0 unspecified atom stereocenters. The Labute approximate surface area is 151 Å². The number of carbonyl (C=O) groups excluding carboxylic acids is 2. The van der Waals surface area contributed by atoms with Crippen molar-refractivity contribution in [1.82, 2.24) is 0 Å². The average molecular weight is 384 g/mol. The molecule has 0 radical (unpaired) electrons. The normalized spacial score (nSPS) is 11.0. The number of ether oxygens (including phenoxy) is 1. The summed E-state index contributed by atoms with van der Waals surface area (Å²) in [6.45, 7) is 0. The number of halogens is 3. The summed E-state index contributed by atoms with van der Waals surface area (Å²) in [7, 11) is 0. The first-order valence-electron chi connectivity index (χ1n) is 7.37. The van der Waals surface area contributed by atoms with Gasteiger partial charge in [0.1, 0.15) is 5.75 Å². The van der Waals surface area contributed by atoms with Gasteiger partial charge in [-0.1, -0.05) is 24.3 Å². The number of primary amides is 1. The summed E-state index contributed by atoms with van der Waals surface area (Å²) in [5.41, 5.74) is 6.17. The second-order valence-electron chi connectivity index (χ2n) is 5.17. The molecule has 138 valence electrons. The zero-order valence-corrected chi connectivity index (χ0v) is 14.2. The Morgan fingerprint density at radius 1 is 1.08 bits per heavy atom. The summed E-state index contributed by atoms with van der Waals surface area (Å²) in [5.74, 6) is -1.10. The van der Waals surface area contributed by atoms with Gasteiger partial charge in [-0.15, -0.1) is 24.9 Å². The summed E-state index contributed by atoms with van der Waals surface area (Å²) in [5, 5.41) is 2.71. The van der Waals surface area contributed by atoms with E-state index in [0.717, 1.165) is 12.1 Å². The molecule has 2 amide bonds. The van der Waals surface area contributed by atoms with Crippen molar-refractivity contribution in [3.8, 4) is 5.75 Å². The number of benzene rings is 2. The Morgan fingerprint density at radius 3 is 2.35 bits per heavy atom. The van der Waals surface area contributed by atoms with E-state index in [-0.39, 0.29) is 23.8 Å². The number of para-hydroxylation sites is 1. The second-order valence-corrected chi connectivity index (χ2v) is 6.19. The van der Waals surface area contributed by atoms with Crippen LogP contribution in [0.3, 0.4) is 0 Å². The fourth-order valence-corrected chi connectivity index (χ4v) is 2.78. The molecule has 0 aliphatic rings. The molecule has 0 bridgehead atoms. The predicted molar refractivity (Wildman–Crippen MR) is 91.8 cm³/mol. The van der Waals surface area contributed by atoms with Gasteiger partial charge in [0.2, 0.25) is 11.8 Å². The number of anilines is 1. The molecule has 0 saturated heterocycles. The Hall–Kier alpha value is -2.68. The molecule has 0 aliphatic carbocycles. The largest absolute Gasteiger partial charge is 0.573 e. The van der Waals surface area contributed by atoms with Crippen LogP contribution in [0.5, 0.6) is 5.75 Å². The molecule has 0 atom stereocenters. The van der Waals surface area contributed by atoms with E-state index in [1.165, 1.54) is 23.9 Å². The molecule has 0 spiro atoms. The second kappa shape index (κ2) is 8.61. The van der Waals surface area contributed by atoms with Gasteiger partial charge in [0, 0.05) is 4.90 Å². The maximum atomic E-state index is 12.2. The molecule has 2 aromatic rings. The summed E-state index contributed by atoms with van der Waals surface area (Å²) in [6.07, 6.45) is -4.79. The minimum Gasteiger partial charge on any atom is -0.406 e. The average Bonchev–Trinajstić information content (AvgIpc) is 2.54. The van der Waals surface area contributed by atoms with Gasteiger partial charge in [-0.2, -0.15) is 0 Å². The number of alkyl halides is 3.